The Labute approximate surface area is 123 Å². The van der Waals surface area contributed by atoms with E-state index in [0.717, 1.165) is 11.3 Å². The lowest BCUT2D eigenvalue weighted by Crippen LogP contribution is -2.20. The highest BCUT2D eigenvalue weighted by atomic mass is 32.1. The van der Waals surface area contributed by atoms with Crippen LogP contribution in [0.5, 0.6) is 0 Å². The summed E-state index contributed by atoms with van der Waals surface area (Å²) in [6, 6.07) is 0. The van der Waals surface area contributed by atoms with Gasteiger partial charge in [0.25, 0.3) is 11.8 Å². The number of nitrogens with two attached hydrogens (primary N) is 2. The maximum atomic E-state index is 11.9. The Balaban J connectivity index is 2.30. The summed E-state index contributed by atoms with van der Waals surface area (Å²) in [6.07, 6.45) is 0. The molecule has 0 spiro atoms. The van der Waals surface area contributed by atoms with Gasteiger partial charge in [-0.15, -0.1) is 11.3 Å². The third-order valence-corrected chi connectivity index (χ3v) is 3.78. The number of hydrogen-bond donors (Lipinski definition) is 4. The van der Waals surface area contributed by atoms with Gasteiger partial charge >= 0.3 is 0 Å². The molecule has 0 atom stereocenters. The second-order valence-corrected chi connectivity index (χ2v) is 5.10. The summed E-state index contributed by atoms with van der Waals surface area (Å²) in [5.41, 5.74) is 11.3. The van der Waals surface area contributed by atoms with Crippen molar-refractivity contribution >= 4 is 33.8 Å². The van der Waals surface area contributed by atoms with E-state index in [1.54, 1.807) is 6.92 Å². The summed E-state index contributed by atoms with van der Waals surface area (Å²) in [4.78, 5) is 27.4. The van der Waals surface area contributed by atoms with Gasteiger partial charge in [0, 0.05) is 14.0 Å². The molecule has 0 fully saturated rings. The molecule has 10 heteroatoms. The highest BCUT2D eigenvalue weighted by molar-refractivity contribution is 7.19. The molecule has 0 saturated carbocycles. The highest BCUT2D eigenvalue weighted by Crippen LogP contribution is 2.35. The number of hydrogen-bond acceptors (Lipinski definition) is 8. The van der Waals surface area contributed by atoms with E-state index < -0.39 is 11.8 Å². The normalized spacial score (nSPS) is 10.4. The SMILES string of the molecule is CNC(=O)c1c(NCc2noc(C)n2)sc(C(N)=O)c1N. The van der Waals surface area contributed by atoms with E-state index in [4.69, 9.17) is 16.0 Å². The van der Waals surface area contributed by atoms with Crippen molar-refractivity contribution in [2.24, 2.45) is 5.73 Å². The number of carbonyl (C=O) groups is 2. The molecule has 0 unspecified atom stereocenters. The zero-order valence-corrected chi connectivity index (χ0v) is 12.2. The lowest BCUT2D eigenvalue weighted by molar-refractivity contribution is 0.0965. The number of rotatable bonds is 5. The van der Waals surface area contributed by atoms with E-state index >= 15 is 0 Å². The fourth-order valence-corrected chi connectivity index (χ4v) is 2.64. The van der Waals surface area contributed by atoms with Gasteiger partial charge in [-0.2, -0.15) is 4.98 Å². The van der Waals surface area contributed by atoms with Gasteiger partial charge in [0.15, 0.2) is 5.82 Å². The Morgan fingerprint density at radius 3 is 2.67 bits per heavy atom. The van der Waals surface area contributed by atoms with Crippen LogP contribution in [0.15, 0.2) is 4.52 Å². The smallest absolute Gasteiger partial charge is 0.260 e. The molecule has 0 radical (unpaired) electrons. The number of aromatic nitrogens is 2. The number of carbonyl (C=O) groups excluding carboxylic acids is 2. The number of aryl methyl sites for hydroxylation is 1. The van der Waals surface area contributed by atoms with Crippen LogP contribution in [-0.2, 0) is 6.54 Å². The molecule has 112 valence electrons. The minimum Gasteiger partial charge on any atom is -0.397 e. The molecule has 2 aromatic rings. The van der Waals surface area contributed by atoms with E-state index in [9.17, 15) is 9.59 Å². The fourth-order valence-electron chi connectivity index (χ4n) is 1.67. The van der Waals surface area contributed by atoms with Crippen molar-refractivity contribution in [3.8, 4) is 0 Å². The van der Waals surface area contributed by atoms with E-state index in [-0.39, 0.29) is 22.7 Å². The Morgan fingerprint density at radius 2 is 2.14 bits per heavy atom. The van der Waals surface area contributed by atoms with Crippen molar-refractivity contribution in [1.29, 1.82) is 0 Å². The lowest BCUT2D eigenvalue weighted by atomic mass is 10.2. The summed E-state index contributed by atoms with van der Waals surface area (Å²) in [6.45, 7) is 1.89. The quantitative estimate of drug-likeness (QED) is 0.611. The van der Waals surface area contributed by atoms with Crippen molar-refractivity contribution in [2.45, 2.75) is 13.5 Å². The van der Waals surface area contributed by atoms with Crippen LogP contribution in [0.2, 0.25) is 0 Å². The maximum absolute atomic E-state index is 11.9. The number of anilines is 2. The summed E-state index contributed by atoms with van der Waals surface area (Å²) >= 11 is 1.01. The van der Waals surface area contributed by atoms with Crippen LogP contribution in [0.3, 0.4) is 0 Å². The zero-order valence-electron chi connectivity index (χ0n) is 11.4. The van der Waals surface area contributed by atoms with Crippen LogP contribution < -0.4 is 22.1 Å². The van der Waals surface area contributed by atoms with Crippen molar-refractivity contribution in [1.82, 2.24) is 15.5 Å². The van der Waals surface area contributed by atoms with Gasteiger partial charge in [-0.3, -0.25) is 9.59 Å². The number of nitrogens with zero attached hydrogens (tertiary/aromatic N) is 2. The molecule has 2 aromatic heterocycles. The maximum Gasteiger partial charge on any atom is 0.260 e. The molecule has 2 heterocycles. The largest absolute Gasteiger partial charge is 0.397 e. The molecule has 0 saturated heterocycles. The van der Waals surface area contributed by atoms with Crippen LogP contribution in [0, 0.1) is 6.92 Å². The van der Waals surface area contributed by atoms with Crippen molar-refractivity contribution in [3.63, 3.8) is 0 Å². The number of primary amides is 1. The first-order chi connectivity index (χ1) is 9.93. The fraction of sp³-hybridized carbons (Fsp3) is 0.273. The average Bonchev–Trinajstić information content (AvgIpc) is 2.99. The second-order valence-electron chi connectivity index (χ2n) is 4.08. The first-order valence-electron chi connectivity index (χ1n) is 5.91. The molecule has 0 aliphatic rings. The standard InChI is InChI=1S/C11H14N6O3S/c1-4-16-5(17-20-4)3-15-11-6(10(19)14-2)7(12)8(21-11)9(13)18/h15H,3,12H2,1-2H3,(H2,13,18)(H,14,19). The third-order valence-electron chi connectivity index (χ3n) is 2.60. The molecule has 9 nitrogen and oxygen atoms in total. The molecule has 0 aromatic carbocycles. The van der Waals surface area contributed by atoms with Crippen LogP contribution in [0.1, 0.15) is 31.7 Å². The monoisotopic (exact) mass is 310 g/mol. The summed E-state index contributed by atoms with van der Waals surface area (Å²) in [5, 5.41) is 9.56. The third kappa shape index (κ3) is 2.94. The van der Waals surface area contributed by atoms with E-state index in [1.165, 1.54) is 7.05 Å². The lowest BCUT2D eigenvalue weighted by Gasteiger charge is -2.05. The number of amides is 2. The van der Waals surface area contributed by atoms with E-state index in [2.05, 4.69) is 20.8 Å². The topological polar surface area (TPSA) is 149 Å². The van der Waals surface area contributed by atoms with Gasteiger partial charge in [0.05, 0.1) is 17.8 Å². The van der Waals surface area contributed by atoms with Crippen molar-refractivity contribution < 1.29 is 14.1 Å². The van der Waals surface area contributed by atoms with Crippen molar-refractivity contribution in [2.75, 3.05) is 18.1 Å². The first kappa shape index (κ1) is 14.8. The minimum atomic E-state index is -0.689. The zero-order chi connectivity index (χ0) is 15.6. The Bertz CT molecular complexity index is 692. The molecule has 21 heavy (non-hydrogen) atoms. The van der Waals surface area contributed by atoms with E-state index in [0.29, 0.717) is 16.7 Å². The summed E-state index contributed by atoms with van der Waals surface area (Å²) in [7, 11) is 1.47. The number of thiophene rings is 1. The van der Waals surface area contributed by atoms with Crippen LogP contribution in [-0.4, -0.2) is 29.0 Å². The molecular formula is C11H14N6O3S. The second kappa shape index (κ2) is 5.79. The molecule has 6 N–H and O–H groups in total. The summed E-state index contributed by atoms with van der Waals surface area (Å²) in [5.74, 6) is -0.251. The van der Waals surface area contributed by atoms with Gasteiger partial charge in [-0.25, -0.2) is 0 Å². The first-order valence-corrected chi connectivity index (χ1v) is 6.72. The van der Waals surface area contributed by atoms with Gasteiger partial charge in [0.1, 0.15) is 9.88 Å². The summed E-state index contributed by atoms with van der Waals surface area (Å²) < 4.78 is 4.84. The van der Waals surface area contributed by atoms with Crippen LogP contribution in [0.25, 0.3) is 0 Å². The predicted octanol–water partition coefficient (Wildman–Crippen LogP) is 0.0923. The van der Waals surface area contributed by atoms with E-state index in [1.807, 2.05) is 0 Å². The number of nitrogens with one attached hydrogen (secondary N) is 2. The minimum absolute atomic E-state index is 0.0543. The van der Waals surface area contributed by atoms with Gasteiger partial charge in [-0.1, -0.05) is 5.16 Å². The molecule has 0 aliphatic heterocycles. The Kier molecular flexibility index (Phi) is 4.08. The Hall–Kier alpha value is -2.62. The molecule has 2 amide bonds. The van der Waals surface area contributed by atoms with Crippen molar-refractivity contribution in [3.05, 3.63) is 22.2 Å². The molecule has 0 aliphatic carbocycles. The highest BCUT2D eigenvalue weighted by Gasteiger charge is 2.24. The molecule has 2 rings (SSSR count). The van der Waals surface area contributed by atoms with Crippen LogP contribution in [0.4, 0.5) is 10.7 Å². The number of nitrogen functional groups attached to an aromatic ring is 1. The van der Waals surface area contributed by atoms with Gasteiger partial charge in [-0.05, 0) is 0 Å². The van der Waals surface area contributed by atoms with Crippen LogP contribution >= 0.6 is 11.3 Å². The predicted molar refractivity (Wildman–Crippen MR) is 77.0 cm³/mol. The average molecular weight is 310 g/mol. The van der Waals surface area contributed by atoms with Gasteiger partial charge in [0.2, 0.25) is 5.89 Å². The molecule has 0 bridgehead atoms. The molecular weight excluding hydrogens is 296 g/mol. The van der Waals surface area contributed by atoms with Gasteiger partial charge < -0.3 is 26.6 Å². The Morgan fingerprint density at radius 1 is 1.43 bits per heavy atom.